The van der Waals surface area contributed by atoms with Crippen molar-refractivity contribution in [3.63, 3.8) is 0 Å². The molecule has 1 amide bonds. The Morgan fingerprint density at radius 3 is 2.57 bits per heavy atom. The number of aliphatic hydroxyl groups is 1. The van der Waals surface area contributed by atoms with Crippen LogP contribution in [0.3, 0.4) is 0 Å². The summed E-state index contributed by atoms with van der Waals surface area (Å²) < 4.78 is 0. The van der Waals surface area contributed by atoms with E-state index in [9.17, 15) is 29.6 Å². The number of nitrogens with zero attached hydrogens (tertiary/aromatic N) is 2. The number of hydrogen-bond donors (Lipinski definition) is 2. The number of ketones is 1. The molecule has 0 aliphatic carbocycles. The van der Waals surface area contributed by atoms with Crippen LogP contribution in [-0.2, 0) is 14.4 Å². The molecule has 0 saturated carbocycles. The quantitative estimate of drug-likeness (QED) is 0.608. The second-order valence-corrected chi connectivity index (χ2v) is 4.90. The summed E-state index contributed by atoms with van der Waals surface area (Å²) in [6.07, 6.45) is 0. The van der Waals surface area contributed by atoms with Crippen LogP contribution in [-0.4, -0.2) is 44.2 Å². The molecule has 1 aliphatic heterocycles. The zero-order valence-corrected chi connectivity index (χ0v) is 11.9. The Hall–Kier alpha value is -3.23. The van der Waals surface area contributed by atoms with E-state index in [1.807, 2.05) is 0 Å². The number of aliphatic carboxylic acids is 1. The van der Waals surface area contributed by atoms with Crippen molar-refractivity contribution in [2.24, 2.45) is 0 Å². The lowest BCUT2D eigenvalue weighted by Gasteiger charge is -2.24. The van der Waals surface area contributed by atoms with E-state index in [4.69, 9.17) is 5.11 Å². The van der Waals surface area contributed by atoms with Crippen molar-refractivity contribution >= 4 is 23.3 Å². The van der Waals surface area contributed by atoms with Gasteiger partial charge in [-0.05, 0) is 12.5 Å². The van der Waals surface area contributed by atoms with E-state index < -0.39 is 40.9 Å². The van der Waals surface area contributed by atoms with Crippen LogP contribution < -0.4 is 0 Å². The van der Waals surface area contributed by atoms with Gasteiger partial charge >= 0.3 is 5.97 Å². The second-order valence-electron chi connectivity index (χ2n) is 4.90. The highest BCUT2D eigenvalue weighted by Crippen LogP contribution is 2.38. The Kier molecular flexibility index (Phi) is 4.12. The summed E-state index contributed by atoms with van der Waals surface area (Å²) in [5.74, 6) is -3.81. The summed E-state index contributed by atoms with van der Waals surface area (Å²) >= 11 is 0. The molecule has 2 rings (SSSR count). The number of amides is 1. The summed E-state index contributed by atoms with van der Waals surface area (Å²) in [5.41, 5.74) is -0.390. The summed E-state index contributed by atoms with van der Waals surface area (Å²) in [6.45, 7) is 0.362. The molecule has 23 heavy (non-hydrogen) atoms. The molecule has 1 aliphatic rings. The molecule has 0 aromatic heterocycles. The molecule has 120 valence electrons. The van der Waals surface area contributed by atoms with Gasteiger partial charge in [0.15, 0.2) is 11.5 Å². The monoisotopic (exact) mass is 320 g/mol. The number of hydrogen-bond acceptors (Lipinski definition) is 6. The number of Topliss-reactive ketones (excluding diaryl/α,β-unsaturated/α-hetero) is 1. The summed E-state index contributed by atoms with van der Waals surface area (Å²) in [7, 11) is 0. The number of carbonyl (C=O) groups is 3. The minimum atomic E-state index is -1.34. The third-order valence-corrected chi connectivity index (χ3v) is 3.39. The first-order valence-corrected chi connectivity index (χ1v) is 6.45. The Morgan fingerprint density at radius 2 is 2.04 bits per heavy atom. The molecule has 1 aromatic carbocycles. The van der Waals surface area contributed by atoms with Gasteiger partial charge < -0.3 is 15.1 Å². The lowest BCUT2D eigenvalue weighted by Crippen LogP contribution is -2.35. The smallest absolute Gasteiger partial charge is 0.323 e. The molecule has 1 atom stereocenters. The van der Waals surface area contributed by atoms with E-state index >= 15 is 0 Å². The fraction of sp³-hybridized carbons (Fsp3) is 0.214. The molecule has 0 unspecified atom stereocenters. The van der Waals surface area contributed by atoms with Crippen molar-refractivity contribution < 1.29 is 29.5 Å². The van der Waals surface area contributed by atoms with Gasteiger partial charge in [0.2, 0.25) is 0 Å². The maximum Gasteiger partial charge on any atom is 0.323 e. The largest absolute Gasteiger partial charge is 0.503 e. The van der Waals surface area contributed by atoms with Crippen molar-refractivity contribution in [2.75, 3.05) is 6.54 Å². The van der Waals surface area contributed by atoms with Crippen LogP contribution in [0.2, 0.25) is 0 Å². The predicted molar refractivity (Wildman–Crippen MR) is 75.5 cm³/mol. The van der Waals surface area contributed by atoms with E-state index in [2.05, 4.69) is 0 Å². The maximum atomic E-state index is 12.0. The number of rotatable bonds is 5. The van der Waals surface area contributed by atoms with Crippen LogP contribution in [0, 0.1) is 10.1 Å². The number of carbonyl (C=O) groups excluding carboxylic acids is 2. The highest BCUT2D eigenvalue weighted by atomic mass is 16.6. The fourth-order valence-corrected chi connectivity index (χ4v) is 2.48. The average molecular weight is 320 g/mol. The van der Waals surface area contributed by atoms with Crippen LogP contribution in [0.15, 0.2) is 35.6 Å². The van der Waals surface area contributed by atoms with Gasteiger partial charge in [-0.15, -0.1) is 0 Å². The van der Waals surface area contributed by atoms with Gasteiger partial charge in [0.25, 0.3) is 11.6 Å². The number of benzene rings is 1. The molecule has 0 saturated heterocycles. The Morgan fingerprint density at radius 1 is 1.39 bits per heavy atom. The van der Waals surface area contributed by atoms with Gasteiger partial charge in [0.1, 0.15) is 6.54 Å². The van der Waals surface area contributed by atoms with Crippen LogP contribution >= 0.6 is 0 Å². The topological polar surface area (TPSA) is 138 Å². The molecule has 1 aromatic rings. The average Bonchev–Trinajstić information content (AvgIpc) is 2.71. The first-order valence-electron chi connectivity index (χ1n) is 6.45. The van der Waals surface area contributed by atoms with Gasteiger partial charge in [-0.2, -0.15) is 0 Å². The van der Waals surface area contributed by atoms with E-state index in [1.165, 1.54) is 18.2 Å². The van der Waals surface area contributed by atoms with Crippen molar-refractivity contribution in [2.45, 2.75) is 13.0 Å². The Labute approximate surface area is 129 Å². The zero-order valence-electron chi connectivity index (χ0n) is 11.9. The zero-order chi connectivity index (χ0) is 17.3. The van der Waals surface area contributed by atoms with Crippen LogP contribution in [0.4, 0.5) is 5.69 Å². The minimum Gasteiger partial charge on any atom is -0.503 e. The first-order chi connectivity index (χ1) is 10.7. The highest BCUT2D eigenvalue weighted by molar-refractivity contribution is 6.08. The standard InChI is InChI=1S/C14H12N2O7/c1-7(17)11-12(8-3-2-4-9(5-8)16(22)23)15(6-10(18)19)14(21)13(11)20/h2-5,12,20H,6H2,1H3,(H,18,19)/t12-/m0/s1. The lowest BCUT2D eigenvalue weighted by molar-refractivity contribution is -0.384. The highest BCUT2D eigenvalue weighted by Gasteiger charge is 2.43. The number of non-ortho nitro benzene ring substituents is 1. The van der Waals surface area contributed by atoms with Crippen LogP contribution in [0.25, 0.3) is 0 Å². The molecule has 0 fully saturated rings. The number of nitro benzene ring substituents is 1. The summed E-state index contributed by atoms with van der Waals surface area (Å²) in [4.78, 5) is 45.7. The molecule has 1 heterocycles. The maximum absolute atomic E-state index is 12.0. The minimum absolute atomic E-state index is 0.169. The van der Waals surface area contributed by atoms with Crippen LogP contribution in [0.5, 0.6) is 0 Å². The van der Waals surface area contributed by atoms with E-state index in [-0.39, 0.29) is 16.8 Å². The normalized spacial score (nSPS) is 17.5. The van der Waals surface area contributed by atoms with Crippen LogP contribution in [0.1, 0.15) is 18.5 Å². The van der Waals surface area contributed by atoms with Gasteiger partial charge in [-0.3, -0.25) is 24.5 Å². The van der Waals surface area contributed by atoms with Gasteiger partial charge in [0, 0.05) is 12.1 Å². The second kappa shape index (κ2) is 5.87. The molecular weight excluding hydrogens is 308 g/mol. The molecule has 9 heteroatoms. The molecule has 9 nitrogen and oxygen atoms in total. The summed E-state index contributed by atoms with van der Waals surface area (Å²) in [5, 5.41) is 29.7. The molecule has 2 N–H and O–H groups in total. The van der Waals surface area contributed by atoms with E-state index in [0.29, 0.717) is 0 Å². The number of nitro groups is 1. The van der Waals surface area contributed by atoms with Crippen molar-refractivity contribution in [1.82, 2.24) is 4.90 Å². The third-order valence-electron chi connectivity index (χ3n) is 3.39. The molecule has 0 bridgehead atoms. The van der Waals surface area contributed by atoms with Gasteiger partial charge in [-0.1, -0.05) is 12.1 Å². The van der Waals surface area contributed by atoms with Gasteiger partial charge in [0.05, 0.1) is 16.5 Å². The molecular formula is C14H12N2O7. The lowest BCUT2D eigenvalue weighted by atomic mass is 9.96. The predicted octanol–water partition coefficient (Wildman–Crippen LogP) is 0.964. The van der Waals surface area contributed by atoms with Gasteiger partial charge in [-0.25, -0.2) is 0 Å². The number of aliphatic hydroxyl groups excluding tert-OH is 1. The fourth-order valence-electron chi connectivity index (χ4n) is 2.48. The Balaban J connectivity index is 2.59. The van der Waals surface area contributed by atoms with E-state index in [1.54, 1.807) is 0 Å². The first kappa shape index (κ1) is 16.1. The van der Waals surface area contributed by atoms with Crippen molar-refractivity contribution in [3.05, 3.63) is 51.3 Å². The SMILES string of the molecule is CC(=O)C1=C(O)C(=O)N(CC(=O)O)[C@H]1c1cccc([N+](=O)[O-])c1. The third kappa shape index (κ3) is 2.89. The van der Waals surface area contributed by atoms with Crippen molar-refractivity contribution in [1.29, 1.82) is 0 Å². The number of carboxylic acids is 1. The van der Waals surface area contributed by atoms with E-state index in [0.717, 1.165) is 17.9 Å². The number of carboxylic acid groups (broad SMARTS) is 1. The Bertz CT molecular complexity index is 753. The molecule has 0 spiro atoms. The summed E-state index contributed by atoms with van der Waals surface area (Å²) in [6, 6.07) is 3.94. The van der Waals surface area contributed by atoms with Crippen molar-refractivity contribution in [3.8, 4) is 0 Å². The molecule has 0 radical (unpaired) electrons.